The van der Waals surface area contributed by atoms with E-state index in [0.29, 0.717) is 0 Å². The number of carboxylic acids is 1. The maximum Gasteiger partial charge on any atom is 0.338 e. The van der Waals surface area contributed by atoms with Crippen LogP contribution in [0.25, 0.3) is 0 Å². The highest BCUT2D eigenvalue weighted by Gasteiger charge is 2.30. The third-order valence-electron chi connectivity index (χ3n) is 3.83. The van der Waals surface area contributed by atoms with Crippen molar-refractivity contribution in [2.45, 2.75) is 9.79 Å². The van der Waals surface area contributed by atoms with Crippen LogP contribution in [0.1, 0.15) is 10.4 Å². The molecule has 0 atom stereocenters. The number of hydrogen-bond donors (Lipinski definition) is 2. The molecule has 0 saturated carbocycles. The monoisotopic (exact) mass is 445 g/mol. The second-order valence-electron chi connectivity index (χ2n) is 5.70. The minimum absolute atomic E-state index is 0.00114. The molecule has 12 heteroatoms. The maximum absolute atomic E-state index is 13.0. The summed E-state index contributed by atoms with van der Waals surface area (Å²) in [5.74, 6) is -1.77. The number of anilines is 1. The first-order chi connectivity index (χ1) is 13.5. The minimum Gasteiger partial charge on any atom is -0.493 e. The van der Waals surface area contributed by atoms with Crippen molar-refractivity contribution in [3.8, 4) is 17.2 Å². The molecule has 29 heavy (non-hydrogen) atoms. The van der Waals surface area contributed by atoms with E-state index in [2.05, 4.69) is 4.72 Å². The van der Waals surface area contributed by atoms with Gasteiger partial charge in [-0.1, -0.05) is 12.1 Å². The number of benzene rings is 2. The Bertz CT molecular complexity index is 1160. The molecule has 0 fully saturated rings. The molecule has 0 radical (unpaired) electrons. The van der Waals surface area contributed by atoms with Gasteiger partial charge in [0.25, 0.3) is 10.0 Å². The van der Waals surface area contributed by atoms with Crippen LogP contribution in [-0.4, -0.2) is 55.5 Å². The third-order valence-corrected chi connectivity index (χ3v) is 6.53. The van der Waals surface area contributed by atoms with Crippen molar-refractivity contribution < 1.29 is 40.9 Å². The van der Waals surface area contributed by atoms with E-state index in [4.69, 9.17) is 14.2 Å². The van der Waals surface area contributed by atoms with E-state index in [1.807, 2.05) is 0 Å². The number of sulfonamides is 1. The summed E-state index contributed by atoms with van der Waals surface area (Å²) in [6.45, 7) is 0. The Labute approximate surface area is 168 Å². The predicted octanol–water partition coefficient (Wildman–Crippen LogP) is 1.61. The molecule has 2 rings (SSSR count). The molecular formula is C17H19NO9S2. The van der Waals surface area contributed by atoms with Crippen LogP contribution in [0.5, 0.6) is 17.2 Å². The highest BCUT2D eigenvalue weighted by molar-refractivity contribution is 7.95. The number of hydrogen-bond acceptors (Lipinski definition) is 8. The van der Waals surface area contributed by atoms with Gasteiger partial charge in [0.15, 0.2) is 21.3 Å². The highest BCUT2D eigenvalue weighted by Crippen LogP contribution is 2.46. The van der Waals surface area contributed by atoms with Crippen LogP contribution >= 0.6 is 0 Å². The van der Waals surface area contributed by atoms with Crippen LogP contribution in [-0.2, 0) is 19.9 Å². The molecule has 0 aliphatic rings. The second-order valence-corrected chi connectivity index (χ2v) is 9.33. The van der Waals surface area contributed by atoms with Crippen molar-refractivity contribution in [2.75, 3.05) is 32.3 Å². The molecule has 0 aliphatic carbocycles. The molecular weight excluding hydrogens is 426 g/mol. The summed E-state index contributed by atoms with van der Waals surface area (Å²) in [6.07, 6.45) is 0.862. The first-order valence-corrected chi connectivity index (χ1v) is 11.2. The zero-order valence-electron chi connectivity index (χ0n) is 15.9. The zero-order chi connectivity index (χ0) is 22.0. The Morgan fingerprint density at radius 2 is 1.48 bits per heavy atom. The molecule has 0 aliphatic heterocycles. The number of sulfone groups is 1. The Morgan fingerprint density at radius 3 is 1.93 bits per heavy atom. The largest absolute Gasteiger partial charge is 0.493 e. The Kier molecular flexibility index (Phi) is 6.28. The van der Waals surface area contributed by atoms with E-state index >= 15 is 0 Å². The first-order valence-electron chi connectivity index (χ1n) is 7.86. The molecule has 0 saturated heterocycles. The normalized spacial score (nSPS) is 11.6. The number of ether oxygens (including phenoxy) is 3. The van der Waals surface area contributed by atoms with Gasteiger partial charge in [0.2, 0.25) is 5.75 Å². The van der Waals surface area contributed by atoms with Gasteiger partial charge in [-0.3, -0.25) is 4.72 Å². The van der Waals surface area contributed by atoms with Crippen molar-refractivity contribution in [3.63, 3.8) is 0 Å². The van der Waals surface area contributed by atoms with Gasteiger partial charge in [-0.25, -0.2) is 21.6 Å². The van der Waals surface area contributed by atoms with Gasteiger partial charge in [0.05, 0.1) is 31.8 Å². The lowest BCUT2D eigenvalue weighted by Crippen LogP contribution is -2.19. The lowest BCUT2D eigenvalue weighted by atomic mass is 10.1. The van der Waals surface area contributed by atoms with Crippen LogP contribution < -0.4 is 18.9 Å². The summed E-state index contributed by atoms with van der Waals surface area (Å²) in [5.41, 5.74) is -0.930. The van der Waals surface area contributed by atoms with E-state index in [1.54, 1.807) is 0 Å². The molecule has 10 nitrogen and oxygen atoms in total. The van der Waals surface area contributed by atoms with E-state index in [1.165, 1.54) is 33.5 Å². The fraction of sp³-hybridized carbons (Fsp3) is 0.235. The second kappa shape index (κ2) is 8.17. The molecule has 2 aromatic carbocycles. The number of carbonyl (C=O) groups is 1. The van der Waals surface area contributed by atoms with Crippen molar-refractivity contribution in [1.82, 2.24) is 0 Å². The fourth-order valence-corrected chi connectivity index (χ4v) is 5.31. The van der Waals surface area contributed by atoms with Crippen LogP contribution in [0.4, 0.5) is 5.69 Å². The van der Waals surface area contributed by atoms with E-state index < -0.39 is 46.9 Å². The zero-order valence-corrected chi connectivity index (χ0v) is 17.5. The maximum atomic E-state index is 13.0. The predicted molar refractivity (Wildman–Crippen MR) is 103 cm³/mol. The summed E-state index contributed by atoms with van der Waals surface area (Å²) < 4.78 is 67.4. The highest BCUT2D eigenvalue weighted by atomic mass is 32.2. The van der Waals surface area contributed by atoms with Gasteiger partial charge in [0, 0.05) is 12.3 Å². The third kappa shape index (κ3) is 4.38. The van der Waals surface area contributed by atoms with Gasteiger partial charge in [-0.15, -0.1) is 0 Å². The van der Waals surface area contributed by atoms with E-state index in [9.17, 15) is 26.7 Å². The molecule has 0 bridgehead atoms. The molecule has 0 heterocycles. The summed E-state index contributed by atoms with van der Waals surface area (Å²) in [6, 6.07) is 5.99. The Balaban J connectivity index is 2.79. The number of methoxy groups -OCH3 is 3. The smallest absolute Gasteiger partial charge is 0.338 e. The average Bonchev–Trinajstić information content (AvgIpc) is 2.66. The summed E-state index contributed by atoms with van der Waals surface area (Å²) in [7, 11) is -4.69. The van der Waals surface area contributed by atoms with Crippen LogP contribution in [0.2, 0.25) is 0 Å². The van der Waals surface area contributed by atoms with E-state index in [-0.39, 0.29) is 17.2 Å². The average molecular weight is 445 g/mol. The van der Waals surface area contributed by atoms with Gasteiger partial charge in [0.1, 0.15) is 10.6 Å². The summed E-state index contributed by atoms with van der Waals surface area (Å²) in [4.78, 5) is 10.7. The number of aromatic carboxylic acids is 1. The SMILES string of the molecule is COc1cc(C(=O)O)c(NS(=O)(=O)c2ccccc2S(C)(=O)=O)c(OC)c1OC. The van der Waals surface area contributed by atoms with Crippen molar-refractivity contribution >= 4 is 31.5 Å². The topological polar surface area (TPSA) is 145 Å². The molecule has 158 valence electrons. The standard InChI is InChI=1S/C17H19NO9S2/c1-25-11-9-10(17(19)20)14(16(27-3)15(11)26-2)18-29(23,24)13-8-6-5-7-12(13)28(4,21)22/h5-9,18H,1-4H3,(H,19,20). The van der Waals surface area contributed by atoms with Crippen molar-refractivity contribution in [1.29, 1.82) is 0 Å². The van der Waals surface area contributed by atoms with Crippen molar-refractivity contribution in [2.24, 2.45) is 0 Å². The summed E-state index contributed by atoms with van der Waals surface area (Å²) >= 11 is 0. The quantitative estimate of drug-likeness (QED) is 0.619. The fourth-order valence-electron chi connectivity index (χ4n) is 2.59. The Morgan fingerprint density at radius 1 is 0.931 bits per heavy atom. The van der Waals surface area contributed by atoms with Gasteiger partial charge in [-0.05, 0) is 12.1 Å². The van der Waals surface area contributed by atoms with Crippen LogP contribution in [0.15, 0.2) is 40.1 Å². The van der Waals surface area contributed by atoms with Crippen molar-refractivity contribution in [3.05, 3.63) is 35.9 Å². The summed E-state index contributed by atoms with van der Waals surface area (Å²) in [5, 5.41) is 9.54. The van der Waals surface area contributed by atoms with Crippen LogP contribution in [0, 0.1) is 0 Å². The lowest BCUT2D eigenvalue weighted by Gasteiger charge is -2.19. The molecule has 0 spiro atoms. The number of rotatable bonds is 8. The van der Waals surface area contributed by atoms with Crippen LogP contribution in [0.3, 0.4) is 0 Å². The van der Waals surface area contributed by atoms with Gasteiger partial charge >= 0.3 is 5.97 Å². The molecule has 0 amide bonds. The lowest BCUT2D eigenvalue weighted by molar-refractivity contribution is 0.0697. The molecule has 2 N–H and O–H groups in total. The first kappa shape index (κ1) is 22.3. The van der Waals surface area contributed by atoms with Gasteiger partial charge in [-0.2, -0.15) is 0 Å². The van der Waals surface area contributed by atoms with E-state index in [0.717, 1.165) is 24.5 Å². The molecule has 0 aromatic heterocycles. The van der Waals surface area contributed by atoms with Gasteiger partial charge < -0.3 is 19.3 Å². The minimum atomic E-state index is -4.53. The number of nitrogens with one attached hydrogen (secondary N) is 1. The molecule has 2 aromatic rings. The number of carboxylic acid groups (broad SMARTS) is 1. The Hall–Kier alpha value is -2.99. The molecule has 0 unspecified atom stereocenters.